The molecule has 0 bridgehead atoms. The van der Waals surface area contributed by atoms with Crippen LogP contribution in [0.4, 0.5) is 5.82 Å². The fraction of sp³-hybridized carbons (Fsp3) is 0.583. The first kappa shape index (κ1) is 12.3. The van der Waals surface area contributed by atoms with Gasteiger partial charge in [0.05, 0.1) is 12.3 Å². The van der Waals surface area contributed by atoms with E-state index in [1.165, 1.54) is 0 Å². The summed E-state index contributed by atoms with van der Waals surface area (Å²) < 4.78 is 2.00. The minimum Gasteiger partial charge on any atom is -0.390 e. The second-order valence-electron chi connectivity index (χ2n) is 4.61. The summed E-state index contributed by atoms with van der Waals surface area (Å²) in [5.74, 6) is 2.09. The van der Waals surface area contributed by atoms with Crippen LogP contribution in [0, 0.1) is 0 Å². The van der Waals surface area contributed by atoms with Crippen LogP contribution in [0.15, 0.2) is 11.6 Å². The number of thioether (sulfide) groups is 1. The molecule has 0 radical (unpaired) electrons. The molecule has 0 spiro atoms. The second-order valence-corrected chi connectivity index (χ2v) is 6.96. The van der Waals surface area contributed by atoms with Crippen molar-refractivity contribution >= 4 is 33.9 Å². The Kier molecular flexibility index (Phi) is 3.25. The van der Waals surface area contributed by atoms with E-state index >= 15 is 0 Å². The Balaban J connectivity index is 2.04. The number of aromatic nitrogens is 2. The summed E-state index contributed by atoms with van der Waals surface area (Å²) in [6, 6.07) is 0.457. The molecule has 18 heavy (non-hydrogen) atoms. The molecule has 2 aromatic rings. The smallest absolute Gasteiger partial charge is 0.195 e. The van der Waals surface area contributed by atoms with Gasteiger partial charge >= 0.3 is 0 Å². The molecule has 1 N–H and O–H groups in total. The molecule has 2 atom stereocenters. The van der Waals surface area contributed by atoms with E-state index in [1.807, 2.05) is 27.7 Å². The van der Waals surface area contributed by atoms with Gasteiger partial charge in [-0.1, -0.05) is 6.92 Å². The summed E-state index contributed by atoms with van der Waals surface area (Å²) >= 11 is 3.62. The topological polar surface area (TPSA) is 40.8 Å². The third kappa shape index (κ3) is 1.83. The molecule has 1 aliphatic rings. The normalized spacial score (nSPS) is 24.9. The highest BCUT2D eigenvalue weighted by molar-refractivity contribution is 8.00. The van der Waals surface area contributed by atoms with Crippen molar-refractivity contribution in [2.24, 2.45) is 0 Å². The fourth-order valence-corrected chi connectivity index (χ4v) is 4.26. The Morgan fingerprint density at radius 2 is 2.33 bits per heavy atom. The first-order chi connectivity index (χ1) is 8.72. The lowest BCUT2D eigenvalue weighted by Crippen LogP contribution is -2.45. The molecule has 98 valence electrons. The number of rotatable bonds is 2. The molecule has 4 nitrogen and oxygen atoms in total. The van der Waals surface area contributed by atoms with Gasteiger partial charge in [-0.3, -0.25) is 4.40 Å². The lowest BCUT2D eigenvalue weighted by atomic mass is 10.2. The number of anilines is 1. The SMILES string of the molecule is CC1SCCN(c2nc3sccn3c2CO)C1C. The van der Waals surface area contributed by atoms with Crippen LogP contribution in [0.2, 0.25) is 0 Å². The van der Waals surface area contributed by atoms with Crippen molar-refractivity contribution in [3.05, 3.63) is 17.3 Å². The van der Waals surface area contributed by atoms with Crippen LogP contribution >= 0.6 is 23.1 Å². The van der Waals surface area contributed by atoms with Gasteiger partial charge in [0.25, 0.3) is 0 Å². The van der Waals surface area contributed by atoms with Crippen molar-refractivity contribution in [3.8, 4) is 0 Å². The number of imidazole rings is 1. The molecular formula is C12H17N3OS2. The number of nitrogens with zero attached hydrogens (tertiary/aromatic N) is 3. The van der Waals surface area contributed by atoms with E-state index in [-0.39, 0.29) is 6.61 Å². The van der Waals surface area contributed by atoms with Crippen molar-refractivity contribution in [3.63, 3.8) is 0 Å². The van der Waals surface area contributed by atoms with Crippen molar-refractivity contribution < 1.29 is 5.11 Å². The Labute approximate surface area is 115 Å². The second kappa shape index (κ2) is 4.75. The molecule has 3 rings (SSSR count). The quantitative estimate of drug-likeness (QED) is 0.917. The van der Waals surface area contributed by atoms with Gasteiger partial charge in [0.2, 0.25) is 0 Å². The number of thiazole rings is 1. The van der Waals surface area contributed by atoms with Gasteiger partial charge in [0.15, 0.2) is 10.8 Å². The summed E-state index contributed by atoms with van der Waals surface area (Å²) in [5.41, 5.74) is 0.914. The molecular weight excluding hydrogens is 266 g/mol. The third-order valence-electron chi connectivity index (χ3n) is 3.65. The molecule has 2 aromatic heterocycles. The molecule has 0 aromatic carbocycles. The zero-order valence-corrected chi connectivity index (χ0v) is 12.2. The van der Waals surface area contributed by atoms with E-state index in [1.54, 1.807) is 11.3 Å². The van der Waals surface area contributed by atoms with Crippen LogP contribution in [0.5, 0.6) is 0 Å². The molecule has 1 fully saturated rings. The molecule has 1 saturated heterocycles. The molecule has 0 saturated carbocycles. The van der Waals surface area contributed by atoms with E-state index in [0.717, 1.165) is 28.8 Å². The maximum absolute atomic E-state index is 9.62. The van der Waals surface area contributed by atoms with Gasteiger partial charge in [0, 0.05) is 35.2 Å². The van der Waals surface area contributed by atoms with Gasteiger partial charge in [0.1, 0.15) is 0 Å². The van der Waals surface area contributed by atoms with Crippen molar-refractivity contribution in [1.29, 1.82) is 0 Å². The van der Waals surface area contributed by atoms with Gasteiger partial charge in [-0.2, -0.15) is 11.8 Å². The van der Waals surface area contributed by atoms with Crippen LogP contribution in [0.1, 0.15) is 19.5 Å². The molecule has 0 amide bonds. The van der Waals surface area contributed by atoms with E-state index in [0.29, 0.717) is 11.3 Å². The highest BCUT2D eigenvalue weighted by Gasteiger charge is 2.29. The minimum atomic E-state index is 0.0397. The molecule has 3 heterocycles. The number of aliphatic hydroxyl groups is 1. The van der Waals surface area contributed by atoms with Crippen LogP contribution in [-0.2, 0) is 6.61 Å². The van der Waals surface area contributed by atoms with Crippen LogP contribution < -0.4 is 4.90 Å². The maximum atomic E-state index is 9.62. The van der Waals surface area contributed by atoms with Gasteiger partial charge < -0.3 is 10.0 Å². The van der Waals surface area contributed by atoms with E-state index in [4.69, 9.17) is 4.98 Å². The fourth-order valence-electron chi connectivity index (χ4n) is 2.43. The molecule has 1 aliphatic heterocycles. The highest BCUT2D eigenvalue weighted by Crippen LogP contribution is 2.32. The van der Waals surface area contributed by atoms with Gasteiger partial charge in [-0.25, -0.2) is 4.98 Å². The van der Waals surface area contributed by atoms with Gasteiger partial charge in [-0.15, -0.1) is 11.3 Å². The van der Waals surface area contributed by atoms with Crippen LogP contribution in [-0.4, -0.2) is 38.1 Å². The monoisotopic (exact) mass is 283 g/mol. The summed E-state index contributed by atoms with van der Waals surface area (Å²) in [6.07, 6.45) is 1.98. The van der Waals surface area contributed by atoms with E-state index < -0.39 is 0 Å². The van der Waals surface area contributed by atoms with Gasteiger partial charge in [-0.05, 0) is 6.92 Å². The molecule has 6 heteroatoms. The van der Waals surface area contributed by atoms with E-state index in [9.17, 15) is 5.11 Å². The number of fused-ring (bicyclic) bond motifs is 1. The van der Waals surface area contributed by atoms with Crippen molar-refractivity contribution in [2.75, 3.05) is 17.2 Å². The summed E-state index contributed by atoms with van der Waals surface area (Å²) in [4.78, 5) is 7.99. The lowest BCUT2D eigenvalue weighted by molar-refractivity contribution is 0.276. The number of hydrogen-bond donors (Lipinski definition) is 1. The third-order valence-corrected chi connectivity index (χ3v) is 5.74. The maximum Gasteiger partial charge on any atom is 0.195 e. The Bertz CT molecular complexity index is 551. The predicted octanol–water partition coefficient (Wildman–Crippen LogP) is 2.22. The summed E-state index contributed by atoms with van der Waals surface area (Å²) in [5, 5.41) is 12.2. The average molecular weight is 283 g/mol. The largest absolute Gasteiger partial charge is 0.390 e. The molecule has 2 unspecified atom stereocenters. The summed E-state index contributed by atoms with van der Waals surface area (Å²) in [6.45, 7) is 5.55. The van der Waals surface area contributed by atoms with Crippen LogP contribution in [0.3, 0.4) is 0 Å². The van der Waals surface area contributed by atoms with Crippen molar-refractivity contribution in [1.82, 2.24) is 9.38 Å². The number of aliphatic hydroxyl groups excluding tert-OH is 1. The Morgan fingerprint density at radius 3 is 3.11 bits per heavy atom. The average Bonchev–Trinajstić information content (AvgIpc) is 2.92. The zero-order chi connectivity index (χ0) is 12.7. The van der Waals surface area contributed by atoms with Crippen LogP contribution in [0.25, 0.3) is 4.96 Å². The Morgan fingerprint density at radius 1 is 1.50 bits per heavy atom. The lowest BCUT2D eigenvalue weighted by Gasteiger charge is -2.38. The first-order valence-electron chi connectivity index (χ1n) is 6.16. The first-order valence-corrected chi connectivity index (χ1v) is 8.08. The zero-order valence-electron chi connectivity index (χ0n) is 10.5. The predicted molar refractivity (Wildman–Crippen MR) is 77.7 cm³/mol. The van der Waals surface area contributed by atoms with E-state index in [2.05, 4.69) is 18.7 Å². The standard InChI is InChI=1S/C12H17N3OS2/c1-8-9(2)17-5-3-14(8)11-10(7-16)15-4-6-18-12(15)13-11/h4,6,8-9,16H,3,5,7H2,1-2H3. The minimum absolute atomic E-state index is 0.0397. The summed E-state index contributed by atoms with van der Waals surface area (Å²) in [7, 11) is 0. The van der Waals surface area contributed by atoms with Crippen molar-refractivity contribution in [2.45, 2.75) is 31.7 Å². The Hall–Kier alpha value is -0.720. The number of hydrogen-bond acceptors (Lipinski definition) is 5. The molecule has 0 aliphatic carbocycles. The highest BCUT2D eigenvalue weighted by atomic mass is 32.2.